The Morgan fingerprint density at radius 3 is 2.16 bits per heavy atom. The van der Waals surface area contributed by atoms with Crippen LogP contribution < -0.4 is 16.0 Å². The Morgan fingerprint density at radius 2 is 1.49 bits per heavy atom. The lowest BCUT2D eigenvalue weighted by molar-refractivity contribution is -0.122. The van der Waals surface area contributed by atoms with Crippen molar-refractivity contribution < 1.29 is 15.0 Å². The van der Waals surface area contributed by atoms with Gasteiger partial charge in [0.15, 0.2) is 17.0 Å². The molecule has 7 rings (SSSR count). The molecule has 0 unspecified atom stereocenters. The van der Waals surface area contributed by atoms with E-state index >= 15 is 0 Å². The topological polar surface area (TPSA) is 140 Å². The minimum absolute atomic E-state index is 0.192. The molecule has 1 saturated carbocycles. The third-order valence-electron chi connectivity index (χ3n) is 9.69. The predicted molar refractivity (Wildman–Crippen MR) is 190 cm³/mol. The fourth-order valence-corrected chi connectivity index (χ4v) is 7.10. The van der Waals surface area contributed by atoms with E-state index in [1.165, 1.54) is 19.3 Å². The van der Waals surface area contributed by atoms with E-state index in [9.17, 15) is 15.0 Å². The van der Waals surface area contributed by atoms with Gasteiger partial charge in [-0.15, -0.1) is 0 Å². The molecule has 3 aromatic carbocycles. The first-order valence-corrected chi connectivity index (χ1v) is 17.3. The predicted octanol–water partition coefficient (Wildman–Crippen LogP) is 4.32. The minimum atomic E-state index is -1.15. The van der Waals surface area contributed by atoms with Crippen LogP contribution in [0.3, 0.4) is 0 Å². The Kier molecular flexibility index (Phi) is 10.1. The molecule has 4 atom stereocenters. The number of piperidine rings is 1. The Balaban J connectivity index is 1.18. The second kappa shape index (κ2) is 15.1. The van der Waals surface area contributed by atoms with Crippen LogP contribution in [0.4, 0.5) is 11.8 Å². The van der Waals surface area contributed by atoms with Crippen LogP contribution in [0.5, 0.6) is 0 Å². The van der Waals surface area contributed by atoms with Gasteiger partial charge in [0.1, 0.15) is 12.2 Å². The van der Waals surface area contributed by atoms with Crippen LogP contribution >= 0.6 is 0 Å². The second-order valence-electron chi connectivity index (χ2n) is 13.1. The molecule has 1 saturated heterocycles. The number of carbonyl (C=O) groups is 1. The summed E-state index contributed by atoms with van der Waals surface area (Å²) in [6.45, 7) is 3.77. The van der Waals surface area contributed by atoms with Gasteiger partial charge >= 0.3 is 0 Å². The molecule has 1 aliphatic heterocycles. The summed E-state index contributed by atoms with van der Waals surface area (Å²) in [6, 6.07) is 28.5. The lowest BCUT2D eigenvalue weighted by Gasteiger charge is -2.26. The van der Waals surface area contributed by atoms with Gasteiger partial charge < -0.3 is 35.6 Å². The summed E-state index contributed by atoms with van der Waals surface area (Å²) in [7, 11) is 0. The number of aliphatic hydroxyl groups is 2. The first-order chi connectivity index (χ1) is 24.0. The quantitative estimate of drug-likeness (QED) is 0.132. The van der Waals surface area contributed by atoms with Crippen LogP contribution in [0.25, 0.3) is 11.2 Å². The first kappa shape index (κ1) is 32.7. The van der Waals surface area contributed by atoms with Crippen molar-refractivity contribution in [2.45, 2.75) is 62.4 Å². The number of nitrogens with one attached hydrogen (secondary N) is 3. The number of benzene rings is 3. The van der Waals surface area contributed by atoms with Gasteiger partial charge in [0, 0.05) is 13.1 Å². The molecule has 49 heavy (non-hydrogen) atoms. The van der Waals surface area contributed by atoms with E-state index in [0.29, 0.717) is 35.9 Å². The highest BCUT2D eigenvalue weighted by atomic mass is 16.3. The van der Waals surface area contributed by atoms with E-state index in [0.717, 1.165) is 36.3 Å². The maximum absolute atomic E-state index is 12.9. The lowest BCUT2D eigenvalue weighted by atomic mass is 9.99. The molecular weight excluding hydrogens is 616 g/mol. The van der Waals surface area contributed by atoms with Crippen LogP contribution in [-0.2, 0) is 11.2 Å². The van der Waals surface area contributed by atoms with E-state index < -0.39 is 24.3 Å². The number of hydrogen-bond acceptors (Lipinski definition) is 9. The molecular formula is C38H44N8O3. The standard InChI is InChI=1S/C38H44N8O3/c47-31(23-26-13-5-1-6-14-26)41-29-24-30(35(49)34(29)48)46-25-40-33-36(42-32(27-15-7-2-8-16-27)28-17-9-3-10-18-28)43-38(44-37(33)46)39-19-22-45-20-11-4-12-21-45/h1-3,5-10,13-18,25,29-30,32,34-35,48-49H,4,11-12,19-24H2,(H,41,47)(H2,39,42,43,44)/t29-,30+,34+,35-/m0/s1. The number of nitrogens with zero attached hydrogens (tertiary/aromatic N) is 5. The normalized spacial score (nSPS) is 21.2. The summed E-state index contributed by atoms with van der Waals surface area (Å²) in [5.74, 6) is 0.803. The van der Waals surface area contributed by atoms with Crippen molar-refractivity contribution >= 4 is 28.8 Å². The number of aromatic nitrogens is 4. The van der Waals surface area contributed by atoms with Gasteiger partial charge in [-0.1, -0.05) is 97.4 Å². The van der Waals surface area contributed by atoms with Crippen molar-refractivity contribution in [3.05, 3.63) is 114 Å². The van der Waals surface area contributed by atoms with Gasteiger partial charge in [0.25, 0.3) is 0 Å². The number of likely N-dealkylation sites (tertiary alicyclic amines) is 1. The van der Waals surface area contributed by atoms with E-state index in [-0.39, 0.29) is 18.4 Å². The van der Waals surface area contributed by atoms with E-state index in [1.807, 2.05) is 71.3 Å². The van der Waals surface area contributed by atoms with Crippen LogP contribution in [-0.4, -0.2) is 85.0 Å². The zero-order valence-electron chi connectivity index (χ0n) is 27.5. The summed E-state index contributed by atoms with van der Waals surface area (Å²) in [5, 5.41) is 32.4. The molecule has 5 aromatic rings. The number of carbonyl (C=O) groups excluding carboxylic acids is 1. The van der Waals surface area contributed by atoms with Gasteiger partial charge in [-0.05, 0) is 49.0 Å². The zero-order chi connectivity index (χ0) is 33.6. The second-order valence-corrected chi connectivity index (χ2v) is 13.1. The van der Waals surface area contributed by atoms with Crippen molar-refractivity contribution in [2.75, 3.05) is 36.8 Å². The molecule has 0 radical (unpaired) electrons. The molecule has 0 bridgehead atoms. The molecule has 0 spiro atoms. The summed E-state index contributed by atoms with van der Waals surface area (Å²) in [6.07, 6.45) is 3.60. The number of imidazole rings is 1. The van der Waals surface area contributed by atoms with Crippen LogP contribution in [0, 0.1) is 0 Å². The lowest BCUT2D eigenvalue weighted by Crippen LogP contribution is -2.43. The van der Waals surface area contributed by atoms with Gasteiger partial charge in [-0.3, -0.25) is 4.79 Å². The van der Waals surface area contributed by atoms with Crippen molar-refractivity contribution in [3.8, 4) is 0 Å². The maximum atomic E-state index is 12.9. The largest absolute Gasteiger partial charge is 0.388 e. The molecule has 2 aromatic heterocycles. The highest BCUT2D eigenvalue weighted by Crippen LogP contribution is 2.36. The number of rotatable bonds is 12. The summed E-state index contributed by atoms with van der Waals surface area (Å²) >= 11 is 0. The van der Waals surface area contributed by atoms with Crippen LogP contribution in [0.1, 0.15) is 54.5 Å². The Morgan fingerprint density at radius 1 is 0.837 bits per heavy atom. The third kappa shape index (κ3) is 7.59. The Labute approximate surface area is 286 Å². The SMILES string of the molecule is O=C(Cc1ccccc1)N[C@H]1C[C@@H](n2cnc3c(NC(c4ccccc4)c4ccccc4)nc(NCCN4CCCCC4)nc32)[C@H](O)[C@@H]1O. The van der Waals surface area contributed by atoms with Gasteiger partial charge in [-0.25, -0.2) is 4.98 Å². The molecule has 5 N–H and O–H groups in total. The monoisotopic (exact) mass is 660 g/mol. The highest BCUT2D eigenvalue weighted by Gasteiger charge is 2.44. The fourth-order valence-electron chi connectivity index (χ4n) is 7.10. The summed E-state index contributed by atoms with van der Waals surface area (Å²) in [5.41, 5.74) is 4.11. The Bertz CT molecular complexity index is 1780. The highest BCUT2D eigenvalue weighted by molar-refractivity contribution is 5.85. The number of hydrogen-bond donors (Lipinski definition) is 5. The minimum Gasteiger partial charge on any atom is -0.388 e. The average Bonchev–Trinajstić information content (AvgIpc) is 3.68. The number of anilines is 2. The molecule has 3 heterocycles. The first-order valence-electron chi connectivity index (χ1n) is 17.3. The summed E-state index contributed by atoms with van der Waals surface area (Å²) < 4.78 is 1.81. The van der Waals surface area contributed by atoms with E-state index in [4.69, 9.17) is 15.0 Å². The Hall–Kier alpha value is -4.84. The van der Waals surface area contributed by atoms with Gasteiger partial charge in [-0.2, -0.15) is 9.97 Å². The van der Waals surface area contributed by atoms with Crippen LogP contribution in [0.2, 0.25) is 0 Å². The molecule has 254 valence electrons. The van der Waals surface area contributed by atoms with Crippen molar-refractivity contribution in [2.24, 2.45) is 0 Å². The molecule has 2 fully saturated rings. The number of amides is 1. The maximum Gasteiger partial charge on any atom is 0.226 e. The molecule has 2 aliphatic rings. The van der Waals surface area contributed by atoms with E-state index in [2.05, 4.69) is 45.1 Å². The molecule has 11 nitrogen and oxygen atoms in total. The summed E-state index contributed by atoms with van der Waals surface area (Å²) in [4.78, 5) is 30.0. The van der Waals surface area contributed by atoms with Gasteiger partial charge in [0.2, 0.25) is 11.9 Å². The molecule has 11 heteroatoms. The average molecular weight is 661 g/mol. The molecule has 1 aliphatic carbocycles. The van der Waals surface area contributed by atoms with Crippen LogP contribution in [0.15, 0.2) is 97.3 Å². The number of aliphatic hydroxyl groups excluding tert-OH is 2. The smallest absolute Gasteiger partial charge is 0.226 e. The van der Waals surface area contributed by atoms with Crippen molar-refractivity contribution in [3.63, 3.8) is 0 Å². The number of fused-ring (bicyclic) bond motifs is 1. The third-order valence-corrected chi connectivity index (χ3v) is 9.69. The van der Waals surface area contributed by atoms with Crippen molar-refractivity contribution in [1.29, 1.82) is 0 Å². The zero-order valence-corrected chi connectivity index (χ0v) is 27.5. The van der Waals surface area contributed by atoms with Crippen molar-refractivity contribution in [1.82, 2.24) is 29.7 Å². The van der Waals surface area contributed by atoms with Gasteiger partial charge in [0.05, 0.1) is 30.9 Å². The fraction of sp³-hybridized carbons (Fsp3) is 0.368. The molecule has 1 amide bonds. The van der Waals surface area contributed by atoms with E-state index in [1.54, 1.807) is 6.33 Å².